The van der Waals surface area contributed by atoms with Gasteiger partial charge in [0, 0.05) is 18.0 Å². The normalized spacial score (nSPS) is 19.6. The fourth-order valence-electron chi connectivity index (χ4n) is 5.08. The van der Waals surface area contributed by atoms with Gasteiger partial charge in [-0.1, -0.05) is 37.2 Å². The van der Waals surface area contributed by atoms with Crippen LogP contribution >= 0.6 is 11.3 Å². The molecular formula is C28H34N2O6S2. The van der Waals surface area contributed by atoms with Crippen molar-refractivity contribution in [2.75, 3.05) is 25.1 Å². The van der Waals surface area contributed by atoms with Gasteiger partial charge in [-0.3, -0.25) is 4.79 Å². The van der Waals surface area contributed by atoms with Crippen molar-refractivity contribution in [3.63, 3.8) is 0 Å². The molecule has 1 saturated heterocycles. The summed E-state index contributed by atoms with van der Waals surface area (Å²) in [6.45, 7) is 5.63. The molecule has 10 heteroatoms. The Hall–Kier alpha value is -2.87. The summed E-state index contributed by atoms with van der Waals surface area (Å²) < 4.78 is 33.7. The van der Waals surface area contributed by atoms with Crippen LogP contribution in [0, 0.1) is 23.2 Å². The summed E-state index contributed by atoms with van der Waals surface area (Å²) in [5.41, 5.74) is 0.0355. The number of nitrogens with zero attached hydrogens (tertiary/aromatic N) is 2. The van der Waals surface area contributed by atoms with Gasteiger partial charge < -0.3 is 14.7 Å². The lowest BCUT2D eigenvalue weighted by Gasteiger charge is -2.44. The fourth-order valence-corrected chi connectivity index (χ4v) is 7.36. The number of carbonyl (C=O) groups is 2. The predicted octanol–water partition coefficient (Wildman–Crippen LogP) is 4.84. The minimum atomic E-state index is -3.98. The van der Waals surface area contributed by atoms with E-state index in [0.717, 1.165) is 43.4 Å². The van der Waals surface area contributed by atoms with Gasteiger partial charge in [-0.05, 0) is 57.7 Å². The second kappa shape index (κ2) is 11.1. The number of sulfonamides is 1. The highest BCUT2D eigenvalue weighted by Gasteiger charge is 2.44. The molecule has 2 aliphatic rings. The van der Waals surface area contributed by atoms with E-state index in [0.29, 0.717) is 16.3 Å². The SMILES string of the molecule is COc1cccc(S(=O)(=O)N2CC(=O)N(c3cc(C#CC(C)(C)C)sc3C(=O)O)C(C3CCCCC3)C2)c1. The Morgan fingerprint density at radius 1 is 1.16 bits per heavy atom. The lowest BCUT2D eigenvalue weighted by Crippen LogP contribution is -2.60. The molecule has 8 nitrogen and oxygen atoms in total. The molecule has 1 unspecified atom stereocenters. The van der Waals surface area contributed by atoms with Gasteiger partial charge in [0.15, 0.2) is 0 Å². The van der Waals surface area contributed by atoms with Gasteiger partial charge in [0.2, 0.25) is 15.9 Å². The number of benzene rings is 1. The lowest BCUT2D eigenvalue weighted by molar-refractivity contribution is -0.121. The molecule has 1 atom stereocenters. The number of hydrogen-bond acceptors (Lipinski definition) is 6. The fraction of sp³-hybridized carbons (Fsp3) is 0.500. The standard InChI is InChI=1S/C28H34N2O6S2/c1-28(2,3)14-13-21-16-23(26(37-21)27(32)33)30-24(19-9-6-5-7-10-19)17-29(18-25(30)31)38(34,35)22-12-8-11-20(15-22)36-4/h8,11-12,15-16,19,24H,5-7,9-10,17-18H2,1-4H3,(H,32,33). The van der Waals surface area contributed by atoms with Crippen LogP contribution in [-0.4, -0.2) is 55.9 Å². The van der Waals surface area contributed by atoms with Crippen molar-refractivity contribution in [1.29, 1.82) is 0 Å². The van der Waals surface area contributed by atoms with E-state index in [4.69, 9.17) is 4.74 Å². The van der Waals surface area contributed by atoms with E-state index in [1.54, 1.807) is 23.1 Å². The van der Waals surface area contributed by atoms with Crippen molar-refractivity contribution in [1.82, 2.24) is 4.31 Å². The summed E-state index contributed by atoms with van der Waals surface area (Å²) >= 11 is 1.05. The van der Waals surface area contributed by atoms with Crippen LogP contribution in [0.2, 0.25) is 0 Å². The second-order valence-corrected chi connectivity index (χ2v) is 13.8. The summed E-state index contributed by atoms with van der Waals surface area (Å²) in [4.78, 5) is 28.2. The van der Waals surface area contributed by atoms with E-state index in [1.807, 2.05) is 20.8 Å². The Morgan fingerprint density at radius 2 is 1.87 bits per heavy atom. The largest absolute Gasteiger partial charge is 0.497 e. The highest BCUT2D eigenvalue weighted by Crippen LogP contribution is 2.39. The smallest absolute Gasteiger partial charge is 0.348 e. The zero-order valence-corrected chi connectivity index (χ0v) is 23.8. The Morgan fingerprint density at radius 3 is 2.50 bits per heavy atom. The number of anilines is 1. The number of thiophene rings is 1. The van der Waals surface area contributed by atoms with Gasteiger partial charge in [0.25, 0.3) is 0 Å². The maximum absolute atomic E-state index is 13.7. The molecule has 0 spiro atoms. The van der Waals surface area contributed by atoms with E-state index in [-0.39, 0.29) is 34.2 Å². The lowest BCUT2D eigenvalue weighted by atomic mass is 9.82. The minimum absolute atomic E-state index is 0.0430. The molecule has 0 bridgehead atoms. The molecule has 1 aliphatic carbocycles. The van der Waals surface area contributed by atoms with Crippen LogP contribution in [0.4, 0.5) is 5.69 Å². The molecule has 38 heavy (non-hydrogen) atoms. The van der Waals surface area contributed by atoms with E-state index < -0.39 is 27.9 Å². The van der Waals surface area contributed by atoms with Crippen LogP contribution in [0.5, 0.6) is 5.75 Å². The van der Waals surface area contributed by atoms with Gasteiger partial charge in [-0.2, -0.15) is 4.31 Å². The Kier molecular flexibility index (Phi) is 8.21. The predicted molar refractivity (Wildman–Crippen MR) is 147 cm³/mol. The Balaban J connectivity index is 1.76. The summed E-state index contributed by atoms with van der Waals surface area (Å²) in [6.07, 6.45) is 4.77. The zero-order chi connectivity index (χ0) is 27.7. The van der Waals surface area contributed by atoms with E-state index in [1.165, 1.54) is 23.5 Å². The molecule has 2 aromatic rings. The van der Waals surface area contributed by atoms with Crippen molar-refractivity contribution in [2.45, 2.75) is 63.8 Å². The van der Waals surface area contributed by atoms with Crippen LogP contribution in [0.15, 0.2) is 35.2 Å². The van der Waals surface area contributed by atoms with E-state index in [2.05, 4.69) is 11.8 Å². The maximum atomic E-state index is 13.7. The van der Waals surface area contributed by atoms with E-state index >= 15 is 0 Å². The molecule has 1 aromatic carbocycles. The molecule has 0 radical (unpaired) electrons. The molecule has 1 amide bonds. The molecule has 1 aromatic heterocycles. The van der Waals surface area contributed by atoms with Crippen molar-refractivity contribution in [2.24, 2.45) is 11.3 Å². The average Bonchev–Trinajstić information content (AvgIpc) is 3.31. The molecule has 204 valence electrons. The Bertz CT molecular complexity index is 1370. The zero-order valence-electron chi connectivity index (χ0n) is 22.2. The number of ether oxygens (including phenoxy) is 1. The number of methoxy groups -OCH3 is 1. The van der Waals surface area contributed by atoms with Crippen molar-refractivity contribution >= 4 is 38.9 Å². The number of hydrogen-bond donors (Lipinski definition) is 1. The molecule has 1 N–H and O–H groups in total. The van der Waals surface area contributed by atoms with Crippen molar-refractivity contribution in [3.05, 3.63) is 40.1 Å². The van der Waals surface area contributed by atoms with Crippen LogP contribution in [0.25, 0.3) is 0 Å². The second-order valence-electron chi connectivity index (χ2n) is 10.8. The van der Waals surface area contributed by atoms with Crippen LogP contribution < -0.4 is 9.64 Å². The number of carboxylic acid groups (broad SMARTS) is 1. The molecule has 2 heterocycles. The third kappa shape index (κ3) is 6.06. The summed E-state index contributed by atoms with van der Waals surface area (Å²) in [5, 5.41) is 10.0. The first-order valence-corrected chi connectivity index (χ1v) is 15.0. The van der Waals surface area contributed by atoms with Crippen molar-refractivity contribution < 1.29 is 27.9 Å². The van der Waals surface area contributed by atoms with Gasteiger partial charge in [0.05, 0.1) is 35.2 Å². The number of amides is 1. The molecule has 4 rings (SSSR count). The van der Waals surface area contributed by atoms with Crippen LogP contribution in [0.3, 0.4) is 0 Å². The first-order valence-electron chi connectivity index (χ1n) is 12.8. The number of piperazine rings is 1. The average molecular weight is 559 g/mol. The molecule has 2 fully saturated rings. The summed E-state index contributed by atoms with van der Waals surface area (Å²) in [6, 6.07) is 7.40. The first-order chi connectivity index (χ1) is 17.9. The number of carboxylic acids is 1. The van der Waals surface area contributed by atoms with Gasteiger partial charge in [0.1, 0.15) is 10.6 Å². The highest BCUT2D eigenvalue weighted by molar-refractivity contribution is 7.89. The van der Waals surface area contributed by atoms with Gasteiger partial charge in [-0.15, -0.1) is 11.3 Å². The first kappa shape index (κ1) is 28.1. The third-order valence-electron chi connectivity index (χ3n) is 6.90. The Labute approximate surface area is 228 Å². The number of aromatic carboxylic acids is 1. The number of carbonyl (C=O) groups excluding carboxylic acids is 1. The van der Waals surface area contributed by atoms with Gasteiger partial charge >= 0.3 is 5.97 Å². The maximum Gasteiger partial charge on any atom is 0.348 e. The summed E-state index contributed by atoms with van der Waals surface area (Å²) in [7, 11) is -2.51. The van der Waals surface area contributed by atoms with E-state index in [9.17, 15) is 23.1 Å². The summed E-state index contributed by atoms with van der Waals surface area (Å²) in [5.74, 6) is 5.09. The van der Waals surface area contributed by atoms with Crippen LogP contribution in [0.1, 0.15) is 67.4 Å². The minimum Gasteiger partial charge on any atom is -0.497 e. The quantitative estimate of drug-likeness (QED) is 0.509. The number of rotatable bonds is 6. The highest BCUT2D eigenvalue weighted by atomic mass is 32.2. The monoisotopic (exact) mass is 558 g/mol. The molecule has 1 saturated carbocycles. The molecule has 1 aliphatic heterocycles. The van der Waals surface area contributed by atoms with Crippen LogP contribution in [-0.2, 0) is 14.8 Å². The third-order valence-corrected chi connectivity index (χ3v) is 9.74. The van der Waals surface area contributed by atoms with Gasteiger partial charge in [-0.25, -0.2) is 13.2 Å². The topological polar surface area (TPSA) is 104 Å². The molecular weight excluding hydrogens is 524 g/mol. The van der Waals surface area contributed by atoms with Crippen molar-refractivity contribution in [3.8, 4) is 17.6 Å².